The average Bonchev–Trinajstić information content (AvgIpc) is 2.64. The zero-order chi connectivity index (χ0) is 9.71. The average molecular weight is 223 g/mol. The van der Waals surface area contributed by atoms with Crippen molar-refractivity contribution < 1.29 is 0 Å². The van der Waals surface area contributed by atoms with E-state index in [2.05, 4.69) is 20.4 Å². The monoisotopic (exact) mass is 223 g/mol. The van der Waals surface area contributed by atoms with Gasteiger partial charge in [0.05, 0.1) is 0 Å². The molecule has 15 heavy (non-hydrogen) atoms. The van der Waals surface area contributed by atoms with E-state index in [1.54, 1.807) is 11.3 Å². The highest BCUT2D eigenvalue weighted by atomic mass is 32.1. The molecule has 0 amide bonds. The van der Waals surface area contributed by atoms with Crippen LogP contribution in [-0.4, -0.2) is 19.7 Å². The van der Waals surface area contributed by atoms with Crippen LogP contribution in [0.15, 0.2) is 5.38 Å². The lowest BCUT2D eigenvalue weighted by atomic mass is 10.4. The van der Waals surface area contributed by atoms with Gasteiger partial charge in [0.15, 0.2) is 6.17 Å². The maximum absolute atomic E-state index is 4.41. The molecule has 0 bridgehead atoms. The number of fused-ring (bicyclic) bond motifs is 1. The molecule has 3 rings (SSSR count). The van der Waals surface area contributed by atoms with E-state index in [9.17, 15) is 0 Å². The second kappa shape index (κ2) is 3.30. The summed E-state index contributed by atoms with van der Waals surface area (Å²) in [6.07, 6.45) is 0.0879. The molecular formula is C9H13N5S. The fourth-order valence-electron chi connectivity index (χ4n) is 1.49. The molecule has 0 radical (unpaired) electrons. The number of hydrogen-bond donors (Lipinski definition) is 1. The Morgan fingerprint density at radius 2 is 2.20 bits per heavy atom. The highest BCUT2D eigenvalue weighted by molar-refractivity contribution is 7.09. The summed E-state index contributed by atoms with van der Waals surface area (Å²) in [6.45, 7) is 3.88. The van der Waals surface area contributed by atoms with Crippen molar-refractivity contribution in [1.82, 2.24) is 19.7 Å². The van der Waals surface area contributed by atoms with E-state index in [1.807, 2.05) is 23.9 Å². The molecule has 5 nitrogen and oxygen atoms in total. The zero-order valence-electron chi connectivity index (χ0n) is 7.85. The SMILES string of the molecule is C.Cc1csc(C2Nc3nc(C)nn32)n1. The lowest BCUT2D eigenvalue weighted by molar-refractivity contribution is 0.505. The lowest BCUT2D eigenvalue weighted by Gasteiger charge is -2.26. The van der Waals surface area contributed by atoms with Crippen molar-refractivity contribution in [2.24, 2.45) is 0 Å². The van der Waals surface area contributed by atoms with Crippen molar-refractivity contribution in [1.29, 1.82) is 0 Å². The Morgan fingerprint density at radius 1 is 1.40 bits per heavy atom. The highest BCUT2D eigenvalue weighted by Gasteiger charge is 2.31. The number of rotatable bonds is 1. The first-order chi connectivity index (χ1) is 6.74. The first-order valence-corrected chi connectivity index (χ1v) is 5.24. The minimum absolute atomic E-state index is 0. The molecular weight excluding hydrogens is 210 g/mol. The maximum atomic E-state index is 4.41. The minimum atomic E-state index is 0. The summed E-state index contributed by atoms with van der Waals surface area (Å²) in [5.74, 6) is 1.63. The minimum Gasteiger partial charge on any atom is -0.327 e. The molecule has 0 aromatic carbocycles. The Hall–Kier alpha value is -1.43. The van der Waals surface area contributed by atoms with E-state index in [0.29, 0.717) is 0 Å². The van der Waals surface area contributed by atoms with Gasteiger partial charge in [-0.25, -0.2) is 9.67 Å². The first kappa shape index (κ1) is 10.1. The van der Waals surface area contributed by atoms with Crippen LogP contribution in [0.4, 0.5) is 5.95 Å². The van der Waals surface area contributed by atoms with Crippen molar-refractivity contribution in [2.75, 3.05) is 5.32 Å². The second-order valence-electron chi connectivity index (χ2n) is 3.30. The van der Waals surface area contributed by atoms with Gasteiger partial charge < -0.3 is 5.32 Å². The Labute approximate surface area is 92.2 Å². The second-order valence-corrected chi connectivity index (χ2v) is 4.19. The van der Waals surface area contributed by atoms with E-state index in [1.165, 1.54) is 0 Å². The first-order valence-electron chi connectivity index (χ1n) is 4.36. The van der Waals surface area contributed by atoms with Crippen LogP contribution in [0.5, 0.6) is 0 Å². The number of aromatic nitrogens is 4. The highest BCUT2D eigenvalue weighted by Crippen LogP contribution is 2.32. The molecule has 1 aliphatic heterocycles. The van der Waals surface area contributed by atoms with E-state index in [-0.39, 0.29) is 13.6 Å². The summed E-state index contributed by atoms with van der Waals surface area (Å²) in [7, 11) is 0. The fraction of sp³-hybridized carbons (Fsp3) is 0.444. The molecule has 1 N–H and O–H groups in total. The van der Waals surface area contributed by atoms with Gasteiger partial charge in [-0.2, -0.15) is 10.1 Å². The van der Waals surface area contributed by atoms with E-state index >= 15 is 0 Å². The Bertz CT molecular complexity index is 486. The largest absolute Gasteiger partial charge is 0.327 e. The number of thiazole rings is 1. The molecule has 0 fully saturated rings. The molecule has 1 atom stereocenters. The third-order valence-corrected chi connectivity index (χ3v) is 3.13. The Balaban J connectivity index is 0.000000853. The molecule has 6 heteroatoms. The van der Waals surface area contributed by atoms with Crippen LogP contribution in [0, 0.1) is 13.8 Å². The van der Waals surface area contributed by atoms with E-state index in [4.69, 9.17) is 0 Å². The number of aryl methyl sites for hydroxylation is 2. The predicted octanol–water partition coefficient (Wildman–Crippen LogP) is 1.96. The Kier molecular flexibility index (Phi) is 2.22. The standard InChI is InChI=1S/C8H9N5S.CH4/c1-4-3-14-7(9-4)6-11-8-10-5(2)12-13(6)8;/h3,6H,1-2H3,(H,10,11,12);1H4. The van der Waals surface area contributed by atoms with Gasteiger partial charge in [0.25, 0.3) is 0 Å². The third-order valence-electron chi connectivity index (χ3n) is 2.12. The molecule has 0 spiro atoms. The zero-order valence-corrected chi connectivity index (χ0v) is 8.67. The van der Waals surface area contributed by atoms with Gasteiger partial charge in [0, 0.05) is 11.1 Å². The summed E-state index contributed by atoms with van der Waals surface area (Å²) in [5, 5.41) is 10.6. The third kappa shape index (κ3) is 1.41. The van der Waals surface area contributed by atoms with Crippen LogP contribution in [0.2, 0.25) is 0 Å². The number of hydrogen-bond acceptors (Lipinski definition) is 5. The van der Waals surface area contributed by atoms with Gasteiger partial charge in [-0.15, -0.1) is 11.3 Å². The molecule has 0 aliphatic carbocycles. The smallest absolute Gasteiger partial charge is 0.225 e. The summed E-state index contributed by atoms with van der Waals surface area (Å²) in [6, 6.07) is 0. The van der Waals surface area contributed by atoms with Crippen molar-refractivity contribution in [3.05, 3.63) is 21.9 Å². The van der Waals surface area contributed by atoms with Gasteiger partial charge in [-0.3, -0.25) is 0 Å². The summed E-state index contributed by atoms with van der Waals surface area (Å²) >= 11 is 1.64. The molecule has 0 saturated carbocycles. The van der Waals surface area contributed by atoms with Gasteiger partial charge in [-0.1, -0.05) is 7.43 Å². The molecule has 2 aromatic rings. The maximum Gasteiger partial charge on any atom is 0.225 e. The van der Waals surface area contributed by atoms with Crippen LogP contribution in [0.25, 0.3) is 0 Å². The predicted molar refractivity (Wildman–Crippen MR) is 60.1 cm³/mol. The van der Waals surface area contributed by atoms with Gasteiger partial charge in [0.2, 0.25) is 5.95 Å². The van der Waals surface area contributed by atoms with Gasteiger partial charge >= 0.3 is 0 Å². The van der Waals surface area contributed by atoms with Gasteiger partial charge in [0.1, 0.15) is 10.8 Å². The molecule has 80 valence electrons. The summed E-state index contributed by atoms with van der Waals surface area (Å²) in [4.78, 5) is 8.61. The van der Waals surface area contributed by atoms with Crippen molar-refractivity contribution in [3.8, 4) is 0 Å². The van der Waals surface area contributed by atoms with Gasteiger partial charge in [-0.05, 0) is 13.8 Å². The fourth-order valence-corrected chi connectivity index (χ4v) is 2.32. The van der Waals surface area contributed by atoms with Crippen molar-refractivity contribution in [2.45, 2.75) is 27.4 Å². The van der Waals surface area contributed by atoms with Crippen molar-refractivity contribution >= 4 is 17.3 Å². The van der Waals surface area contributed by atoms with E-state index in [0.717, 1.165) is 22.5 Å². The van der Waals surface area contributed by atoms with Crippen molar-refractivity contribution in [3.63, 3.8) is 0 Å². The number of nitrogens with one attached hydrogen (secondary N) is 1. The lowest BCUT2D eigenvalue weighted by Crippen LogP contribution is -2.32. The van der Waals surface area contributed by atoms with Crippen LogP contribution < -0.4 is 5.32 Å². The van der Waals surface area contributed by atoms with Crippen LogP contribution >= 0.6 is 11.3 Å². The topological polar surface area (TPSA) is 55.6 Å². The van der Waals surface area contributed by atoms with E-state index < -0.39 is 0 Å². The van der Waals surface area contributed by atoms with Crippen LogP contribution in [0.1, 0.15) is 30.1 Å². The number of nitrogens with zero attached hydrogens (tertiary/aromatic N) is 4. The summed E-state index contributed by atoms with van der Waals surface area (Å²) < 4.78 is 1.87. The normalized spacial score (nSPS) is 17.3. The molecule has 1 aliphatic rings. The molecule has 2 aromatic heterocycles. The number of anilines is 1. The summed E-state index contributed by atoms with van der Waals surface area (Å²) in [5.41, 5.74) is 1.05. The van der Waals surface area contributed by atoms with Crippen LogP contribution in [0.3, 0.4) is 0 Å². The molecule has 1 unspecified atom stereocenters. The Morgan fingerprint density at radius 3 is 2.80 bits per heavy atom. The quantitative estimate of drug-likeness (QED) is 0.803. The molecule has 0 saturated heterocycles. The van der Waals surface area contributed by atoms with Crippen LogP contribution in [-0.2, 0) is 0 Å². The molecule has 3 heterocycles.